The minimum absolute atomic E-state index is 0.0249. The number of carbonyl (C=O) groups is 2. The van der Waals surface area contributed by atoms with Crippen molar-refractivity contribution in [3.63, 3.8) is 0 Å². The lowest BCUT2D eigenvalue weighted by atomic mass is 10.0. The largest absolute Gasteiger partial charge is 0.354 e. The Kier molecular flexibility index (Phi) is 8.16. The highest BCUT2D eigenvalue weighted by Gasteiger charge is 2.40. The van der Waals surface area contributed by atoms with Gasteiger partial charge in [-0.15, -0.1) is 0 Å². The van der Waals surface area contributed by atoms with Gasteiger partial charge in [-0.2, -0.15) is 4.31 Å². The second kappa shape index (κ2) is 11.8. The maximum Gasteiger partial charge on any atom is 0.254 e. The van der Waals surface area contributed by atoms with Gasteiger partial charge in [0.1, 0.15) is 6.04 Å². The molecule has 2 amide bonds. The Labute approximate surface area is 238 Å². The molecule has 0 spiro atoms. The minimum Gasteiger partial charge on any atom is -0.354 e. The number of nitrogens with one attached hydrogen (secondary N) is 1. The van der Waals surface area contributed by atoms with Crippen molar-refractivity contribution in [2.45, 2.75) is 23.8 Å². The maximum absolute atomic E-state index is 13.7. The Bertz CT molecular complexity index is 1650. The number of carbonyl (C=O) groups excluding carboxylic acids is 2. The molecule has 0 saturated carbocycles. The molecule has 0 radical (unpaired) electrons. The van der Waals surface area contributed by atoms with Gasteiger partial charge in [-0.3, -0.25) is 14.6 Å². The van der Waals surface area contributed by atoms with E-state index in [4.69, 9.17) is 11.6 Å². The monoisotopic (exact) mass is 576 g/mol. The second-order valence-electron chi connectivity index (χ2n) is 9.80. The molecule has 1 N–H and O–H groups in total. The smallest absolute Gasteiger partial charge is 0.254 e. The summed E-state index contributed by atoms with van der Waals surface area (Å²) < 4.78 is 28.7. The Balaban J connectivity index is 1.41. The van der Waals surface area contributed by atoms with Crippen LogP contribution in [0, 0.1) is 0 Å². The molecular weight excluding hydrogens is 548 g/mol. The summed E-state index contributed by atoms with van der Waals surface area (Å²) in [5, 5.41) is 4.04. The van der Waals surface area contributed by atoms with Gasteiger partial charge in [0.15, 0.2) is 0 Å². The molecule has 1 fully saturated rings. The molecular formula is C30H29ClN4O4S. The molecule has 2 unspecified atom stereocenters. The van der Waals surface area contributed by atoms with E-state index in [1.165, 1.54) is 15.3 Å². The van der Waals surface area contributed by atoms with Crippen molar-refractivity contribution < 1.29 is 18.0 Å². The van der Waals surface area contributed by atoms with Crippen molar-refractivity contribution in [3.05, 3.63) is 107 Å². The van der Waals surface area contributed by atoms with E-state index < -0.39 is 22.0 Å². The Morgan fingerprint density at radius 1 is 1.00 bits per heavy atom. The molecule has 5 rings (SSSR count). The predicted octanol–water partition coefficient (Wildman–Crippen LogP) is 4.32. The average Bonchev–Trinajstić information content (AvgIpc) is 2.99. The summed E-state index contributed by atoms with van der Waals surface area (Å²) >= 11 is 6.12. The molecule has 10 heteroatoms. The lowest BCUT2D eigenvalue weighted by Gasteiger charge is -2.40. The molecule has 2 atom stereocenters. The van der Waals surface area contributed by atoms with Gasteiger partial charge >= 0.3 is 0 Å². The first-order chi connectivity index (χ1) is 19.2. The van der Waals surface area contributed by atoms with Crippen molar-refractivity contribution in [2.75, 3.05) is 26.2 Å². The molecule has 1 aliphatic heterocycles. The Morgan fingerprint density at radius 3 is 2.58 bits per heavy atom. The number of aromatic nitrogens is 1. The van der Waals surface area contributed by atoms with E-state index in [9.17, 15) is 18.0 Å². The van der Waals surface area contributed by atoms with Gasteiger partial charge in [0.25, 0.3) is 5.91 Å². The molecule has 1 aromatic heterocycles. The fourth-order valence-electron chi connectivity index (χ4n) is 4.87. The number of hydrogen-bond acceptors (Lipinski definition) is 5. The van der Waals surface area contributed by atoms with E-state index in [0.29, 0.717) is 28.0 Å². The van der Waals surface area contributed by atoms with Gasteiger partial charge < -0.3 is 10.2 Å². The summed E-state index contributed by atoms with van der Waals surface area (Å²) in [6.45, 7) is 2.25. The zero-order valence-electron chi connectivity index (χ0n) is 21.9. The van der Waals surface area contributed by atoms with Crippen LogP contribution in [0.1, 0.15) is 28.8 Å². The van der Waals surface area contributed by atoms with Crippen molar-refractivity contribution in [3.8, 4) is 0 Å². The molecule has 4 aromatic rings. The number of sulfonamides is 1. The molecule has 206 valence electrons. The standard InChI is InChI=1S/C30H29ClN4O4S/c1-21(22-7-3-2-4-8-22)19-33-29(36)28-20-34(15-16-35(28)30(37)24-9-5-11-25(31)17-24)40(38,39)26-12-13-27-23(18-26)10-6-14-32-27/h2-14,17-18,21,28H,15-16,19-20H2,1H3,(H,33,36). The number of fused-ring (bicyclic) bond motifs is 1. The van der Waals surface area contributed by atoms with Crippen molar-refractivity contribution in [1.29, 1.82) is 0 Å². The summed E-state index contributed by atoms with van der Waals surface area (Å²) in [7, 11) is -3.95. The van der Waals surface area contributed by atoms with Crippen LogP contribution in [0.2, 0.25) is 5.02 Å². The van der Waals surface area contributed by atoms with Crippen LogP contribution >= 0.6 is 11.6 Å². The van der Waals surface area contributed by atoms with E-state index in [2.05, 4.69) is 10.3 Å². The maximum atomic E-state index is 13.7. The van der Waals surface area contributed by atoms with Crippen molar-refractivity contribution >= 4 is 44.3 Å². The number of nitrogens with zero attached hydrogens (tertiary/aromatic N) is 3. The van der Waals surface area contributed by atoms with Gasteiger partial charge in [0, 0.05) is 48.3 Å². The van der Waals surface area contributed by atoms with Gasteiger partial charge in [-0.25, -0.2) is 8.42 Å². The second-order valence-corrected chi connectivity index (χ2v) is 12.2. The molecule has 8 nitrogen and oxygen atoms in total. The molecule has 1 aliphatic rings. The fraction of sp³-hybridized carbons (Fsp3) is 0.233. The van der Waals surface area contributed by atoms with Gasteiger partial charge in [-0.05, 0) is 53.9 Å². The van der Waals surface area contributed by atoms with Crippen LogP contribution in [0.15, 0.2) is 96.0 Å². The van der Waals surface area contributed by atoms with Gasteiger partial charge in [-0.1, -0.05) is 61.0 Å². The lowest BCUT2D eigenvalue weighted by molar-refractivity contribution is -0.126. The van der Waals surface area contributed by atoms with Gasteiger partial charge in [0.05, 0.1) is 10.4 Å². The van der Waals surface area contributed by atoms with E-state index in [1.807, 2.05) is 37.3 Å². The number of rotatable bonds is 7. The minimum atomic E-state index is -3.95. The summed E-state index contributed by atoms with van der Waals surface area (Å²) in [5.74, 6) is -0.773. The van der Waals surface area contributed by atoms with Crippen LogP contribution in [-0.2, 0) is 14.8 Å². The van der Waals surface area contributed by atoms with E-state index in [0.717, 1.165) is 5.56 Å². The number of hydrogen-bond donors (Lipinski definition) is 1. The van der Waals surface area contributed by atoms with Crippen LogP contribution in [0.3, 0.4) is 0 Å². The highest BCUT2D eigenvalue weighted by Crippen LogP contribution is 2.25. The number of pyridine rings is 1. The third-order valence-electron chi connectivity index (χ3n) is 7.14. The fourth-order valence-corrected chi connectivity index (χ4v) is 6.53. The van der Waals surface area contributed by atoms with Crippen LogP contribution in [0.25, 0.3) is 10.9 Å². The highest BCUT2D eigenvalue weighted by molar-refractivity contribution is 7.89. The van der Waals surface area contributed by atoms with Crippen molar-refractivity contribution in [1.82, 2.24) is 19.5 Å². The van der Waals surface area contributed by atoms with Crippen LogP contribution in [0.5, 0.6) is 0 Å². The number of benzene rings is 3. The number of halogens is 1. The average molecular weight is 577 g/mol. The Hall–Kier alpha value is -3.79. The normalized spacial score (nSPS) is 16.9. The summed E-state index contributed by atoms with van der Waals surface area (Å²) in [5.41, 5.74) is 2.08. The molecule has 40 heavy (non-hydrogen) atoms. The van der Waals surface area contributed by atoms with E-state index in [1.54, 1.807) is 54.7 Å². The van der Waals surface area contributed by atoms with Crippen LogP contribution < -0.4 is 5.32 Å². The highest BCUT2D eigenvalue weighted by atomic mass is 35.5. The molecule has 1 saturated heterocycles. The molecule has 0 aliphatic carbocycles. The SMILES string of the molecule is CC(CNC(=O)C1CN(S(=O)(=O)c2ccc3ncccc3c2)CCN1C(=O)c1cccc(Cl)c1)c1ccccc1. The summed E-state index contributed by atoms with van der Waals surface area (Å²) in [6, 6.07) is 23.6. The summed E-state index contributed by atoms with van der Waals surface area (Å²) in [4.78, 5) is 32.9. The first-order valence-electron chi connectivity index (χ1n) is 13.0. The molecule has 2 heterocycles. The Morgan fingerprint density at radius 2 is 1.80 bits per heavy atom. The zero-order chi connectivity index (χ0) is 28.3. The topological polar surface area (TPSA) is 99.7 Å². The summed E-state index contributed by atoms with van der Waals surface area (Å²) in [6.07, 6.45) is 1.65. The lowest BCUT2D eigenvalue weighted by Crippen LogP contribution is -2.61. The first kappa shape index (κ1) is 27.8. The van der Waals surface area contributed by atoms with Gasteiger partial charge in [0.2, 0.25) is 15.9 Å². The third-order valence-corrected chi connectivity index (χ3v) is 9.24. The van der Waals surface area contributed by atoms with E-state index in [-0.39, 0.29) is 36.4 Å². The van der Waals surface area contributed by atoms with Crippen molar-refractivity contribution in [2.24, 2.45) is 0 Å². The number of amides is 2. The van der Waals surface area contributed by atoms with Crippen LogP contribution in [-0.4, -0.2) is 66.6 Å². The third kappa shape index (κ3) is 5.86. The zero-order valence-corrected chi connectivity index (χ0v) is 23.5. The quantitative estimate of drug-likeness (QED) is 0.353. The molecule has 3 aromatic carbocycles. The van der Waals surface area contributed by atoms with E-state index >= 15 is 0 Å². The number of piperazine rings is 1. The predicted molar refractivity (Wildman–Crippen MR) is 155 cm³/mol. The van der Waals surface area contributed by atoms with Crippen LogP contribution in [0.4, 0.5) is 0 Å². The molecule has 0 bridgehead atoms. The first-order valence-corrected chi connectivity index (χ1v) is 14.8.